The molecule has 5 nitrogen and oxygen atoms in total. The van der Waals surface area contributed by atoms with Gasteiger partial charge in [0, 0.05) is 41.9 Å². The zero-order chi connectivity index (χ0) is 20.1. The van der Waals surface area contributed by atoms with E-state index in [0.29, 0.717) is 36.3 Å². The minimum Gasteiger partial charge on any atom is -0.487 e. The number of amides is 1. The second kappa shape index (κ2) is 8.82. The van der Waals surface area contributed by atoms with Crippen molar-refractivity contribution in [3.63, 3.8) is 0 Å². The molecular weight excluding hydrogens is 369 g/mol. The summed E-state index contributed by atoms with van der Waals surface area (Å²) in [6.45, 7) is 0.394. The van der Waals surface area contributed by atoms with Crippen molar-refractivity contribution < 1.29 is 13.9 Å². The average Bonchev–Trinajstić information content (AvgIpc) is 3.16. The van der Waals surface area contributed by atoms with Gasteiger partial charge in [-0.1, -0.05) is 30.3 Å². The monoisotopic (exact) mass is 391 g/mol. The van der Waals surface area contributed by atoms with Crippen LogP contribution in [-0.4, -0.2) is 28.5 Å². The summed E-state index contributed by atoms with van der Waals surface area (Å²) in [5, 5.41) is 2.94. The van der Waals surface area contributed by atoms with E-state index in [-0.39, 0.29) is 17.8 Å². The molecule has 148 valence electrons. The molecule has 2 heterocycles. The van der Waals surface area contributed by atoms with Crippen molar-refractivity contribution in [2.45, 2.75) is 31.8 Å². The second-order valence-electron chi connectivity index (χ2n) is 7.16. The Kier molecular flexibility index (Phi) is 5.79. The van der Waals surface area contributed by atoms with Crippen molar-refractivity contribution >= 4 is 5.91 Å². The summed E-state index contributed by atoms with van der Waals surface area (Å²) in [6, 6.07) is 13.0. The maximum absolute atomic E-state index is 14.1. The van der Waals surface area contributed by atoms with Crippen LogP contribution in [0.3, 0.4) is 0 Å². The third-order valence-corrected chi connectivity index (χ3v) is 4.97. The highest BCUT2D eigenvalue weighted by atomic mass is 19.1. The number of aromatic nitrogens is 2. The number of nitrogens with zero attached hydrogens (tertiary/aromatic N) is 2. The molecule has 0 aliphatic carbocycles. The number of hydrogen-bond acceptors (Lipinski definition) is 4. The highest BCUT2D eigenvalue weighted by Crippen LogP contribution is 2.39. The van der Waals surface area contributed by atoms with E-state index >= 15 is 0 Å². The first kappa shape index (κ1) is 19.1. The lowest BCUT2D eigenvalue weighted by Gasteiger charge is -2.13. The van der Waals surface area contributed by atoms with Gasteiger partial charge in [0.1, 0.15) is 24.0 Å². The van der Waals surface area contributed by atoms with Crippen molar-refractivity contribution in [3.05, 3.63) is 78.1 Å². The van der Waals surface area contributed by atoms with E-state index in [4.69, 9.17) is 4.74 Å². The molecule has 0 saturated heterocycles. The highest BCUT2D eigenvalue weighted by Gasteiger charge is 2.27. The van der Waals surface area contributed by atoms with Crippen LogP contribution in [0.5, 0.6) is 5.75 Å². The first-order chi connectivity index (χ1) is 14.2. The number of aryl methyl sites for hydroxylation is 1. The third kappa shape index (κ3) is 4.77. The average molecular weight is 391 g/mol. The molecule has 1 atom stereocenters. The van der Waals surface area contributed by atoms with Crippen molar-refractivity contribution in [1.82, 2.24) is 15.3 Å². The summed E-state index contributed by atoms with van der Waals surface area (Å²) in [5.41, 5.74) is 3.37. The van der Waals surface area contributed by atoms with Gasteiger partial charge in [0.2, 0.25) is 5.91 Å². The molecule has 1 aromatic heterocycles. The molecule has 1 amide bonds. The van der Waals surface area contributed by atoms with Gasteiger partial charge < -0.3 is 10.1 Å². The van der Waals surface area contributed by atoms with E-state index in [1.165, 1.54) is 24.0 Å². The van der Waals surface area contributed by atoms with Crippen LogP contribution < -0.4 is 10.1 Å². The van der Waals surface area contributed by atoms with Gasteiger partial charge >= 0.3 is 0 Å². The number of carbonyl (C=O) groups is 1. The first-order valence-electron chi connectivity index (χ1n) is 9.74. The number of ether oxygens (including phenoxy) is 1. The van der Waals surface area contributed by atoms with E-state index in [9.17, 15) is 9.18 Å². The summed E-state index contributed by atoms with van der Waals surface area (Å²) in [6.07, 6.45) is 7.18. The van der Waals surface area contributed by atoms with E-state index < -0.39 is 0 Å². The third-order valence-electron chi connectivity index (χ3n) is 4.97. The molecule has 0 spiro atoms. The van der Waals surface area contributed by atoms with Crippen LogP contribution in [0.25, 0.3) is 11.1 Å². The van der Waals surface area contributed by atoms with E-state index in [1.807, 2.05) is 18.2 Å². The predicted octanol–water partition coefficient (Wildman–Crippen LogP) is 3.73. The standard InChI is InChI=1S/C23H22FN3O2/c24-19-9-17-10-20(29-23(17)21(11-19)18-12-25-15-26-13-18)14-27-22(28)8-4-7-16-5-2-1-3-6-16/h1-3,5-6,9,11-13,15,20H,4,7-8,10,14H2,(H,27,28)/t20-/m0/s1. The lowest BCUT2D eigenvalue weighted by atomic mass is 10.0. The minimum atomic E-state index is -0.322. The number of benzene rings is 2. The molecule has 1 aliphatic heterocycles. The Hall–Kier alpha value is -3.28. The van der Waals surface area contributed by atoms with Gasteiger partial charge in [-0.3, -0.25) is 4.79 Å². The lowest BCUT2D eigenvalue weighted by Crippen LogP contribution is -2.34. The summed E-state index contributed by atoms with van der Waals surface area (Å²) >= 11 is 0. The fourth-order valence-corrected chi connectivity index (χ4v) is 3.57. The first-order valence-corrected chi connectivity index (χ1v) is 9.74. The Morgan fingerprint density at radius 1 is 1.17 bits per heavy atom. The Morgan fingerprint density at radius 3 is 2.76 bits per heavy atom. The molecule has 0 unspecified atom stereocenters. The van der Waals surface area contributed by atoms with E-state index in [0.717, 1.165) is 18.4 Å². The second-order valence-corrected chi connectivity index (χ2v) is 7.16. The molecule has 0 bridgehead atoms. The van der Waals surface area contributed by atoms with Crippen LogP contribution in [0.2, 0.25) is 0 Å². The van der Waals surface area contributed by atoms with Gasteiger partial charge in [-0.15, -0.1) is 0 Å². The number of halogens is 1. The fraction of sp³-hybridized carbons (Fsp3) is 0.261. The summed E-state index contributed by atoms with van der Waals surface area (Å²) in [7, 11) is 0. The molecule has 2 aromatic carbocycles. The van der Waals surface area contributed by atoms with Gasteiger partial charge in [-0.25, -0.2) is 14.4 Å². The molecule has 4 rings (SSSR count). The molecule has 3 aromatic rings. The van der Waals surface area contributed by atoms with Crippen LogP contribution >= 0.6 is 0 Å². The maximum atomic E-state index is 14.1. The maximum Gasteiger partial charge on any atom is 0.220 e. The minimum absolute atomic E-state index is 0.00310. The Bertz CT molecular complexity index is 980. The van der Waals surface area contributed by atoms with Crippen LogP contribution in [0, 0.1) is 5.82 Å². The summed E-state index contributed by atoms with van der Waals surface area (Å²) in [5.74, 6) is 0.324. The number of nitrogens with one attached hydrogen (secondary N) is 1. The Morgan fingerprint density at radius 2 is 1.97 bits per heavy atom. The SMILES string of the molecule is O=C(CCCc1ccccc1)NC[C@@H]1Cc2cc(F)cc(-c3cncnc3)c2O1. The topological polar surface area (TPSA) is 64.1 Å². The smallest absolute Gasteiger partial charge is 0.220 e. The number of hydrogen-bond donors (Lipinski definition) is 1. The highest BCUT2D eigenvalue weighted by molar-refractivity contribution is 5.76. The van der Waals surface area contributed by atoms with Gasteiger partial charge in [0.25, 0.3) is 0 Å². The zero-order valence-electron chi connectivity index (χ0n) is 16.0. The van der Waals surface area contributed by atoms with Gasteiger partial charge in [0.15, 0.2) is 0 Å². The van der Waals surface area contributed by atoms with Crippen LogP contribution in [0.15, 0.2) is 61.2 Å². The van der Waals surface area contributed by atoms with Gasteiger partial charge in [0.05, 0.1) is 6.54 Å². The number of carbonyl (C=O) groups excluding carboxylic acids is 1. The molecular formula is C23H22FN3O2. The summed E-state index contributed by atoms with van der Waals surface area (Å²) < 4.78 is 20.1. The normalized spacial score (nSPS) is 14.9. The van der Waals surface area contributed by atoms with Crippen LogP contribution in [0.4, 0.5) is 4.39 Å². The summed E-state index contributed by atoms with van der Waals surface area (Å²) in [4.78, 5) is 20.2. The zero-order valence-corrected chi connectivity index (χ0v) is 16.0. The molecule has 6 heteroatoms. The van der Waals surface area contributed by atoms with Gasteiger partial charge in [-0.2, -0.15) is 0 Å². The van der Waals surface area contributed by atoms with Gasteiger partial charge in [-0.05, 0) is 30.5 Å². The van der Waals surface area contributed by atoms with Crippen LogP contribution in [0.1, 0.15) is 24.0 Å². The Labute approximate surface area is 169 Å². The van der Waals surface area contributed by atoms with E-state index in [1.54, 1.807) is 12.4 Å². The van der Waals surface area contributed by atoms with Crippen molar-refractivity contribution in [2.24, 2.45) is 0 Å². The number of fused-ring (bicyclic) bond motifs is 1. The van der Waals surface area contributed by atoms with Crippen molar-refractivity contribution in [2.75, 3.05) is 6.54 Å². The Balaban J connectivity index is 1.31. The molecule has 0 radical (unpaired) electrons. The lowest BCUT2D eigenvalue weighted by molar-refractivity contribution is -0.121. The van der Waals surface area contributed by atoms with Crippen molar-refractivity contribution in [1.29, 1.82) is 0 Å². The molecule has 0 saturated carbocycles. The molecule has 0 fully saturated rings. The van der Waals surface area contributed by atoms with Crippen LogP contribution in [-0.2, 0) is 17.6 Å². The molecule has 1 N–H and O–H groups in total. The fourth-order valence-electron chi connectivity index (χ4n) is 3.57. The largest absolute Gasteiger partial charge is 0.487 e. The van der Waals surface area contributed by atoms with Crippen molar-refractivity contribution in [3.8, 4) is 16.9 Å². The predicted molar refractivity (Wildman–Crippen MR) is 108 cm³/mol. The number of rotatable bonds is 7. The quantitative estimate of drug-likeness (QED) is 0.667. The van der Waals surface area contributed by atoms with E-state index in [2.05, 4.69) is 27.4 Å². The molecule has 1 aliphatic rings. The molecule has 29 heavy (non-hydrogen) atoms.